The number of nitrogen functional groups attached to an aromatic ring is 1. The van der Waals surface area contributed by atoms with Crippen molar-refractivity contribution in [3.8, 4) is 0 Å². The lowest BCUT2D eigenvalue weighted by Crippen LogP contribution is -2.47. The van der Waals surface area contributed by atoms with E-state index in [4.69, 9.17) is 10.8 Å². The van der Waals surface area contributed by atoms with Crippen LogP contribution in [0.25, 0.3) is 21.8 Å². The van der Waals surface area contributed by atoms with Crippen molar-refractivity contribution in [1.29, 1.82) is 0 Å². The number of fused-ring (bicyclic) bond motifs is 2. The van der Waals surface area contributed by atoms with E-state index in [-0.39, 0.29) is 5.56 Å². The van der Waals surface area contributed by atoms with Gasteiger partial charge in [-0.2, -0.15) is 4.68 Å². The van der Waals surface area contributed by atoms with E-state index < -0.39 is 0 Å². The second-order valence-corrected chi connectivity index (χ2v) is 8.10. The molecule has 2 aromatic heterocycles. The second kappa shape index (κ2) is 8.84. The van der Waals surface area contributed by atoms with Crippen molar-refractivity contribution in [1.82, 2.24) is 19.5 Å². The summed E-state index contributed by atoms with van der Waals surface area (Å²) in [4.78, 5) is 26.5. The third-order valence-corrected chi connectivity index (χ3v) is 6.02. The van der Waals surface area contributed by atoms with Crippen LogP contribution in [-0.2, 0) is 0 Å². The molecule has 0 amide bonds. The molecular weight excluding hydrogens is 402 g/mol. The van der Waals surface area contributed by atoms with E-state index in [0.29, 0.717) is 23.4 Å². The first-order valence-electron chi connectivity index (χ1n) is 11.0. The Hall–Kier alpha value is -3.65. The number of piperazine rings is 1. The summed E-state index contributed by atoms with van der Waals surface area (Å²) >= 11 is 0. The Morgan fingerprint density at radius 3 is 2.47 bits per heavy atom. The molecule has 32 heavy (non-hydrogen) atoms. The Labute approximate surface area is 186 Å². The number of pyridine rings is 1. The van der Waals surface area contributed by atoms with E-state index in [1.54, 1.807) is 6.07 Å². The fourth-order valence-electron chi connectivity index (χ4n) is 4.21. The maximum atomic E-state index is 12.4. The summed E-state index contributed by atoms with van der Waals surface area (Å²) in [5, 5.41) is 4.92. The van der Waals surface area contributed by atoms with Gasteiger partial charge in [0.2, 0.25) is 5.95 Å². The standard InChI is InChI=1S/C24H27N7O/c25-31-23(32)19-7-2-4-9-21(19)28-24(31)26-12-5-13-29-14-16-30(17-15-29)22-11-10-18-6-1-3-8-20(18)27-22/h1-4,6-11H,5,12-17,25H2,(H,26,28). The Balaban J connectivity index is 1.12. The topological polar surface area (TPSA) is 92.3 Å². The van der Waals surface area contributed by atoms with Gasteiger partial charge in [-0.3, -0.25) is 9.69 Å². The molecule has 1 aliphatic heterocycles. The third kappa shape index (κ3) is 4.09. The molecular formula is C24H27N7O. The summed E-state index contributed by atoms with van der Waals surface area (Å²) in [5.74, 6) is 7.39. The van der Waals surface area contributed by atoms with Crippen molar-refractivity contribution < 1.29 is 0 Å². The van der Waals surface area contributed by atoms with Gasteiger partial charge in [-0.15, -0.1) is 0 Å². The minimum Gasteiger partial charge on any atom is -0.354 e. The van der Waals surface area contributed by atoms with Crippen LogP contribution < -0.4 is 21.6 Å². The number of nitrogens with two attached hydrogens (primary N) is 1. The zero-order valence-corrected chi connectivity index (χ0v) is 17.9. The Morgan fingerprint density at radius 2 is 1.62 bits per heavy atom. The summed E-state index contributed by atoms with van der Waals surface area (Å²) in [6.45, 7) is 5.62. The number of benzene rings is 2. The molecule has 1 aliphatic rings. The predicted molar refractivity (Wildman–Crippen MR) is 130 cm³/mol. The molecule has 8 heteroatoms. The highest BCUT2D eigenvalue weighted by atomic mass is 16.1. The van der Waals surface area contributed by atoms with E-state index in [9.17, 15) is 4.79 Å². The first-order valence-corrected chi connectivity index (χ1v) is 11.0. The zero-order valence-electron chi connectivity index (χ0n) is 17.9. The van der Waals surface area contributed by atoms with Gasteiger partial charge in [0.25, 0.3) is 5.56 Å². The lowest BCUT2D eigenvalue weighted by molar-refractivity contribution is 0.256. The predicted octanol–water partition coefficient (Wildman–Crippen LogP) is 2.28. The van der Waals surface area contributed by atoms with Crippen LogP contribution in [0.15, 0.2) is 65.5 Å². The van der Waals surface area contributed by atoms with E-state index in [1.165, 1.54) is 5.39 Å². The largest absolute Gasteiger partial charge is 0.354 e. The van der Waals surface area contributed by atoms with Crippen LogP contribution in [-0.4, -0.2) is 58.8 Å². The highest BCUT2D eigenvalue weighted by Gasteiger charge is 2.18. The lowest BCUT2D eigenvalue weighted by Gasteiger charge is -2.35. The van der Waals surface area contributed by atoms with Gasteiger partial charge >= 0.3 is 0 Å². The Morgan fingerprint density at radius 1 is 0.875 bits per heavy atom. The molecule has 0 saturated carbocycles. The quantitative estimate of drug-likeness (QED) is 0.359. The number of para-hydroxylation sites is 2. The number of hydrogen-bond donors (Lipinski definition) is 2. The van der Waals surface area contributed by atoms with Crippen molar-refractivity contribution in [3.05, 3.63) is 71.0 Å². The molecule has 164 valence electrons. The van der Waals surface area contributed by atoms with Gasteiger partial charge in [0.05, 0.1) is 16.4 Å². The summed E-state index contributed by atoms with van der Waals surface area (Å²) in [5.41, 5.74) is 1.45. The fraction of sp³-hybridized carbons (Fsp3) is 0.292. The van der Waals surface area contributed by atoms with Gasteiger partial charge in [0, 0.05) is 38.1 Å². The van der Waals surface area contributed by atoms with Crippen LogP contribution in [0, 0.1) is 0 Å². The van der Waals surface area contributed by atoms with Crippen LogP contribution in [0.5, 0.6) is 0 Å². The molecule has 1 saturated heterocycles. The van der Waals surface area contributed by atoms with Crippen LogP contribution in [0.3, 0.4) is 0 Å². The normalized spacial score (nSPS) is 14.8. The maximum absolute atomic E-state index is 12.4. The molecule has 0 spiro atoms. The molecule has 2 aromatic carbocycles. The third-order valence-electron chi connectivity index (χ3n) is 6.02. The van der Waals surface area contributed by atoms with Crippen LogP contribution in [0.1, 0.15) is 6.42 Å². The molecule has 0 atom stereocenters. The molecule has 0 aliphatic carbocycles. The van der Waals surface area contributed by atoms with E-state index in [1.807, 2.05) is 30.3 Å². The van der Waals surface area contributed by atoms with Gasteiger partial charge in [-0.1, -0.05) is 30.3 Å². The van der Waals surface area contributed by atoms with Crippen molar-refractivity contribution >= 4 is 33.6 Å². The van der Waals surface area contributed by atoms with Crippen molar-refractivity contribution in [3.63, 3.8) is 0 Å². The molecule has 8 nitrogen and oxygen atoms in total. The number of rotatable bonds is 6. The number of aromatic nitrogens is 3. The summed E-state index contributed by atoms with van der Waals surface area (Å²) in [7, 11) is 0. The van der Waals surface area contributed by atoms with E-state index in [2.05, 4.69) is 44.4 Å². The van der Waals surface area contributed by atoms with E-state index in [0.717, 1.165) is 55.2 Å². The average Bonchev–Trinajstić information content (AvgIpc) is 2.85. The molecule has 0 bridgehead atoms. The molecule has 3 heterocycles. The Bertz CT molecular complexity index is 1290. The number of hydrogen-bond acceptors (Lipinski definition) is 7. The number of nitrogens with zero attached hydrogens (tertiary/aromatic N) is 5. The second-order valence-electron chi connectivity index (χ2n) is 8.10. The average molecular weight is 430 g/mol. The first-order chi connectivity index (χ1) is 15.7. The van der Waals surface area contributed by atoms with Crippen LogP contribution >= 0.6 is 0 Å². The van der Waals surface area contributed by atoms with Gasteiger partial charge in [0.15, 0.2) is 0 Å². The van der Waals surface area contributed by atoms with Crippen molar-refractivity contribution in [2.75, 3.05) is 55.3 Å². The highest BCUT2D eigenvalue weighted by molar-refractivity contribution is 5.80. The molecule has 0 radical (unpaired) electrons. The summed E-state index contributed by atoms with van der Waals surface area (Å²) in [6.07, 6.45) is 0.941. The number of anilines is 2. The lowest BCUT2D eigenvalue weighted by atomic mass is 10.2. The molecule has 4 aromatic rings. The van der Waals surface area contributed by atoms with E-state index >= 15 is 0 Å². The summed E-state index contributed by atoms with van der Waals surface area (Å²) in [6, 6.07) is 19.7. The summed E-state index contributed by atoms with van der Waals surface area (Å²) < 4.78 is 1.09. The molecule has 3 N–H and O–H groups in total. The van der Waals surface area contributed by atoms with Gasteiger partial charge < -0.3 is 16.1 Å². The minimum absolute atomic E-state index is 0.239. The van der Waals surface area contributed by atoms with Gasteiger partial charge in [0.1, 0.15) is 5.82 Å². The minimum atomic E-state index is -0.239. The van der Waals surface area contributed by atoms with Crippen LogP contribution in [0.2, 0.25) is 0 Å². The fourth-order valence-corrected chi connectivity index (χ4v) is 4.21. The molecule has 5 rings (SSSR count). The van der Waals surface area contributed by atoms with Gasteiger partial charge in [-0.05, 0) is 43.3 Å². The Kier molecular flexibility index (Phi) is 5.60. The SMILES string of the molecule is Nn1c(NCCCN2CCN(c3ccc4ccccc4n3)CC2)nc2ccccc2c1=O. The zero-order chi connectivity index (χ0) is 21.9. The number of nitrogens with one attached hydrogen (secondary N) is 1. The maximum Gasteiger partial charge on any atom is 0.281 e. The van der Waals surface area contributed by atoms with Crippen LogP contribution in [0.4, 0.5) is 11.8 Å². The monoisotopic (exact) mass is 429 g/mol. The molecule has 1 fully saturated rings. The smallest absolute Gasteiger partial charge is 0.281 e. The van der Waals surface area contributed by atoms with Crippen molar-refractivity contribution in [2.45, 2.75) is 6.42 Å². The van der Waals surface area contributed by atoms with Gasteiger partial charge in [-0.25, -0.2) is 9.97 Å². The first kappa shape index (κ1) is 20.3. The molecule has 0 unspecified atom stereocenters. The highest BCUT2D eigenvalue weighted by Crippen LogP contribution is 2.19. The van der Waals surface area contributed by atoms with Crippen molar-refractivity contribution in [2.24, 2.45) is 0 Å².